The standard InChI is InChI=1S/C24H22N4O3S/c1-3-28-23-20(14-25-28)19(13-21(27-23)16-8-5-4-6-9-16)24(30)31-15-22(29)26-17-10-7-11-18(12-17)32-2/h4-14H,3,15H2,1-2H3,(H,26,29). The number of anilines is 1. The lowest BCUT2D eigenvalue weighted by Crippen LogP contribution is -2.21. The molecule has 0 fully saturated rings. The number of thioether (sulfide) groups is 1. The number of ether oxygens (including phenoxy) is 1. The van der Waals surface area contributed by atoms with Gasteiger partial charge in [-0.25, -0.2) is 14.5 Å². The van der Waals surface area contributed by atoms with E-state index in [1.807, 2.05) is 61.7 Å². The van der Waals surface area contributed by atoms with E-state index < -0.39 is 18.5 Å². The number of fused-ring (bicyclic) bond motifs is 1. The molecule has 0 aliphatic carbocycles. The number of hydrogen-bond donors (Lipinski definition) is 1. The van der Waals surface area contributed by atoms with Crippen molar-refractivity contribution in [2.45, 2.75) is 18.4 Å². The van der Waals surface area contributed by atoms with Crippen molar-refractivity contribution in [2.24, 2.45) is 0 Å². The third kappa shape index (κ3) is 4.65. The number of esters is 1. The molecule has 1 N–H and O–H groups in total. The number of aromatic nitrogens is 3. The van der Waals surface area contributed by atoms with Crippen LogP contribution in [0.5, 0.6) is 0 Å². The zero-order valence-corrected chi connectivity index (χ0v) is 18.6. The number of carbonyl (C=O) groups excluding carboxylic acids is 2. The number of aryl methyl sites for hydroxylation is 1. The zero-order chi connectivity index (χ0) is 22.5. The maximum Gasteiger partial charge on any atom is 0.339 e. The highest BCUT2D eigenvalue weighted by Gasteiger charge is 2.19. The highest BCUT2D eigenvalue weighted by molar-refractivity contribution is 7.98. The first-order valence-electron chi connectivity index (χ1n) is 10.1. The molecule has 0 spiro atoms. The topological polar surface area (TPSA) is 86.1 Å². The second kappa shape index (κ2) is 9.65. The predicted molar refractivity (Wildman–Crippen MR) is 126 cm³/mol. The molecule has 0 saturated heterocycles. The average molecular weight is 447 g/mol. The molecule has 1 amide bonds. The summed E-state index contributed by atoms with van der Waals surface area (Å²) in [4.78, 5) is 31.0. The molecule has 0 aliphatic heterocycles. The fraction of sp³-hybridized carbons (Fsp3) is 0.167. The second-order valence-electron chi connectivity index (χ2n) is 6.97. The summed E-state index contributed by atoms with van der Waals surface area (Å²) >= 11 is 1.58. The summed E-state index contributed by atoms with van der Waals surface area (Å²) in [6.07, 6.45) is 3.56. The molecule has 7 nitrogen and oxygen atoms in total. The SMILES string of the molecule is CCn1ncc2c(C(=O)OCC(=O)Nc3cccc(SC)c3)cc(-c3ccccc3)nc21. The number of amides is 1. The minimum absolute atomic E-state index is 0.325. The third-order valence-electron chi connectivity index (χ3n) is 4.89. The maximum absolute atomic E-state index is 12.9. The van der Waals surface area contributed by atoms with Crippen LogP contribution >= 0.6 is 11.8 Å². The van der Waals surface area contributed by atoms with E-state index in [1.165, 1.54) is 0 Å². The number of carbonyl (C=O) groups is 2. The van der Waals surface area contributed by atoms with Crippen molar-refractivity contribution in [3.63, 3.8) is 0 Å². The van der Waals surface area contributed by atoms with E-state index in [4.69, 9.17) is 9.72 Å². The summed E-state index contributed by atoms with van der Waals surface area (Å²) < 4.78 is 7.07. The van der Waals surface area contributed by atoms with Gasteiger partial charge in [0.15, 0.2) is 12.3 Å². The molecule has 4 rings (SSSR count). The van der Waals surface area contributed by atoms with Crippen molar-refractivity contribution in [1.29, 1.82) is 0 Å². The number of nitrogens with one attached hydrogen (secondary N) is 1. The van der Waals surface area contributed by atoms with Gasteiger partial charge in [0.2, 0.25) is 0 Å². The van der Waals surface area contributed by atoms with E-state index in [9.17, 15) is 9.59 Å². The molecular weight excluding hydrogens is 424 g/mol. The Kier molecular flexibility index (Phi) is 6.51. The van der Waals surface area contributed by atoms with Gasteiger partial charge in [-0.05, 0) is 37.4 Å². The molecule has 0 aliphatic rings. The van der Waals surface area contributed by atoms with Crippen molar-refractivity contribution in [2.75, 3.05) is 18.2 Å². The smallest absolute Gasteiger partial charge is 0.339 e. The van der Waals surface area contributed by atoms with Crippen molar-refractivity contribution >= 4 is 40.4 Å². The van der Waals surface area contributed by atoms with Gasteiger partial charge in [0.25, 0.3) is 5.91 Å². The summed E-state index contributed by atoms with van der Waals surface area (Å²) in [5.41, 5.74) is 3.09. The van der Waals surface area contributed by atoms with Crippen molar-refractivity contribution < 1.29 is 14.3 Å². The molecular formula is C24H22N4O3S. The number of rotatable bonds is 7. The van der Waals surface area contributed by atoms with Crippen LogP contribution in [0.1, 0.15) is 17.3 Å². The van der Waals surface area contributed by atoms with Gasteiger partial charge in [-0.15, -0.1) is 11.8 Å². The molecule has 2 aromatic carbocycles. The Hall–Kier alpha value is -3.65. The first-order chi connectivity index (χ1) is 15.6. The van der Waals surface area contributed by atoms with Crippen LogP contribution < -0.4 is 5.32 Å². The number of hydrogen-bond acceptors (Lipinski definition) is 6. The van der Waals surface area contributed by atoms with Crippen LogP contribution in [0.4, 0.5) is 5.69 Å². The lowest BCUT2D eigenvalue weighted by Gasteiger charge is -2.10. The fourth-order valence-electron chi connectivity index (χ4n) is 3.31. The molecule has 0 unspecified atom stereocenters. The van der Waals surface area contributed by atoms with E-state index in [1.54, 1.807) is 34.8 Å². The van der Waals surface area contributed by atoms with Crippen molar-refractivity contribution in [1.82, 2.24) is 14.8 Å². The monoisotopic (exact) mass is 446 g/mol. The van der Waals surface area contributed by atoms with E-state index in [2.05, 4.69) is 10.4 Å². The first kappa shape index (κ1) is 21.6. The molecule has 2 aromatic heterocycles. The van der Waals surface area contributed by atoms with Gasteiger partial charge < -0.3 is 10.1 Å². The summed E-state index contributed by atoms with van der Waals surface area (Å²) in [6, 6.07) is 18.7. The summed E-state index contributed by atoms with van der Waals surface area (Å²) in [5, 5.41) is 7.66. The van der Waals surface area contributed by atoms with Crippen LogP contribution in [0.3, 0.4) is 0 Å². The van der Waals surface area contributed by atoms with E-state index in [-0.39, 0.29) is 0 Å². The van der Waals surface area contributed by atoms with Crippen LogP contribution in [-0.2, 0) is 16.1 Å². The van der Waals surface area contributed by atoms with E-state index in [0.717, 1.165) is 10.5 Å². The average Bonchev–Trinajstić information content (AvgIpc) is 3.25. The van der Waals surface area contributed by atoms with Crippen LogP contribution in [-0.4, -0.2) is 39.5 Å². The molecule has 0 radical (unpaired) electrons. The molecule has 4 aromatic rings. The fourth-order valence-corrected chi connectivity index (χ4v) is 3.77. The van der Waals surface area contributed by atoms with Gasteiger partial charge >= 0.3 is 5.97 Å². The van der Waals surface area contributed by atoms with Gasteiger partial charge in [-0.2, -0.15) is 5.10 Å². The van der Waals surface area contributed by atoms with Gasteiger partial charge in [0.1, 0.15) is 0 Å². The minimum atomic E-state index is -0.599. The first-order valence-corrected chi connectivity index (χ1v) is 11.3. The maximum atomic E-state index is 12.9. The lowest BCUT2D eigenvalue weighted by atomic mass is 10.1. The van der Waals surface area contributed by atoms with Gasteiger partial charge in [-0.1, -0.05) is 36.4 Å². The van der Waals surface area contributed by atoms with Gasteiger partial charge in [-0.3, -0.25) is 4.79 Å². The molecule has 0 bridgehead atoms. The van der Waals surface area contributed by atoms with Crippen LogP contribution in [0.25, 0.3) is 22.3 Å². The quantitative estimate of drug-likeness (QED) is 0.329. The number of benzene rings is 2. The number of nitrogens with zero attached hydrogens (tertiary/aromatic N) is 3. The molecule has 0 atom stereocenters. The normalized spacial score (nSPS) is 10.8. The molecule has 32 heavy (non-hydrogen) atoms. The third-order valence-corrected chi connectivity index (χ3v) is 5.61. The Labute approximate surface area is 189 Å². The lowest BCUT2D eigenvalue weighted by molar-refractivity contribution is -0.119. The zero-order valence-electron chi connectivity index (χ0n) is 17.7. The highest BCUT2D eigenvalue weighted by Crippen LogP contribution is 2.25. The molecule has 8 heteroatoms. The van der Waals surface area contributed by atoms with Gasteiger partial charge in [0.05, 0.1) is 22.8 Å². The minimum Gasteiger partial charge on any atom is -0.452 e. The van der Waals surface area contributed by atoms with E-state index >= 15 is 0 Å². The van der Waals surface area contributed by atoms with Gasteiger partial charge in [0, 0.05) is 22.7 Å². The van der Waals surface area contributed by atoms with Crippen molar-refractivity contribution in [3.8, 4) is 11.3 Å². The van der Waals surface area contributed by atoms with Crippen molar-refractivity contribution in [3.05, 3.63) is 72.4 Å². The molecule has 2 heterocycles. The Morgan fingerprint density at radius 2 is 1.91 bits per heavy atom. The highest BCUT2D eigenvalue weighted by atomic mass is 32.2. The summed E-state index contributed by atoms with van der Waals surface area (Å²) in [5.74, 6) is -1.01. The largest absolute Gasteiger partial charge is 0.452 e. The summed E-state index contributed by atoms with van der Waals surface area (Å²) in [7, 11) is 0. The summed E-state index contributed by atoms with van der Waals surface area (Å²) in [6.45, 7) is 2.17. The Balaban J connectivity index is 1.56. The van der Waals surface area contributed by atoms with E-state index in [0.29, 0.717) is 34.5 Å². The Bertz CT molecular complexity index is 1270. The van der Waals surface area contributed by atoms with Crippen LogP contribution in [0.2, 0.25) is 0 Å². The molecule has 0 saturated carbocycles. The Morgan fingerprint density at radius 1 is 1.09 bits per heavy atom. The number of pyridine rings is 1. The van der Waals surface area contributed by atoms with Crippen LogP contribution in [0, 0.1) is 0 Å². The Morgan fingerprint density at radius 3 is 2.66 bits per heavy atom. The predicted octanol–water partition coefficient (Wildman–Crippen LogP) is 4.64. The second-order valence-corrected chi connectivity index (χ2v) is 7.85. The van der Waals surface area contributed by atoms with Crippen LogP contribution in [0.15, 0.2) is 71.8 Å². The molecule has 162 valence electrons.